The molecule has 0 unspecified atom stereocenters. The molecule has 0 fully saturated rings. The number of amides is 3. The molecular weight excluding hydrogens is 374 g/mol. The zero-order valence-corrected chi connectivity index (χ0v) is 16.4. The Labute approximate surface area is 168 Å². The number of anilines is 2. The predicted octanol–water partition coefficient (Wildman–Crippen LogP) is 2.33. The van der Waals surface area contributed by atoms with Crippen molar-refractivity contribution in [1.29, 1.82) is 0 Å². The van der Waals surface area contributed by atoms with Crippen LogP contribution in [0.4, 0.5) is 11.4 Å². The molecule has 0 aliphatic rings. The minimum atomic E-state index is -1.06. The first-order valence-electron chi connectivity index (χ1n) is 9.01. The molecule has 3 N–H and O–H groups in total. The number of nitrogens with one attached hydrogen (secondary N) is 3. The van der Waals surface area contributed by atoms with E-state index in [4.69, 9.17) is 4.74 Å². The zero-order chi connectivity index (χ0) is 21.4. The first-order chi connectivity index (χ1) is 13.8. The van der Waals surface area contributed by atoms with Crippen LogP contribution in [-0.2, 0) is 19.1 Å². The fraction of sp³-hybridized carbons (Fsp3) is 0.238. The summed E-state index contributed by atoms with van der Waals surface area (Å²) in [5.74, 6) is -1.85. The molecule has 0 aromatic heterocycles. The molecule has 2 atom stereocenters. The second-order valence-electron chi connectivity index (χ2n) is 6.39. The second kappa shape index (κ2) is 10.0. The van der Waals surface area contributed by atoms with Gasteiger partial charge in [0.25, 0.3) is 11.8 Å². The van der Waals surface area contributed by atoms with Crippen molar-refractivity contribution in [2.45, 2.75) is 32.9 Å². The van der Waals surface area contributed by atoms with Crippen LogP contribution in [0.1, 0.15) is 31.1 Å². The lowest BCUT2D eigenvalue weighted by Gasteiger charge is -2.17. The summed E-state index contributed by atoms with van der Waals surface area (Å²) in [4.78, 5) is 47.5. The Morgan fingerprint density at radius 2 is 1.38 bits per heavy atom. The van der Waals surface area contributed by atoms with Crippen molar-refractivity contribution in [3.63, 3.8) is 0 Å². The van der Waals surface area contributed by atoms with E-state index in [9.17, 15) is 19.2 Å². The lowest BCUT2D eigenvalue weighted by molar-refractivity contribution is -0.154. The maximum atomic E-state index is 12.2. The normalized spacial score (nSPS) is 12.2. The van der Waals surface area contributed by atoms with Crippen LogP contribution in [0.25, 0.3) is 0 Å². The quantitative estimate of drug-likeness (QED) is 0.621. The average Bonchev–Trinajstić information content (AvgIpc) is 2.69. The summed E-state index contributed by atoms with van der Waals surface area (Å²) in [6.45, 7) is 4.31. The number of hydrogen-bond donors (Lipinski definition) is 3. The highest BCUT2D eigenvalue weighted by atomic mass is 16.5. The van der Waals surface area contributed by atoms with E-state index in [0.717, 1.165) is 0 Å². The molecule has 2 rings (SSSR count). The molecule has 8 nitrogen and oxygen atoms in total. The first kappa shape index (κ1) is 21.6. The van der Waals surface area contributed by atoms with Crippen LogP contribution in [0.5, 0.6) is 0 Å². The molecule has 0 heterocycles. The van der Waals surface area contributed by atoms with E-state index in [1.165, 1.54) is 20.8 Å². The van der Waals surface area contributed by atoms with Crippen LogP contribution in [0.2, 0.25) is 0 Å². The summed E-state index contributed by atoms with van der Waals surface area (Å²) < 4.78 is 5.14. The average molecular weight is 397 g/mol. The molecule has 0 spiro atoms. The molecule has 152 valence electrons. The number of carbonyl (C=O) groups is 4. The molecule has 0 aliphatic carbocycles. The first-order valence-corrected chi connectivity index (χ1v) is 9.01. The van der Waals surface area contributed by atoms with Gasteiger partial charge < -0.3 is 20.7 Å². The van der Waals surface area contributed by atoms with Crippen molar-refractivity contribution in [3.05, 3.63) is 60.2 Å². The van der Waals surface area contributed by atoms with E-state index >= 15 is 0 Å². The monoisotopic (exact) mass is 397 g/mol. The third-order valence-electron chi connectivity index (χ3n) is 3.87. The van der Waals surface area contributed by atoms with E-state index in [1.807, 2.05) is 0 Å². The summed E-state index contributed by atoms with van der Waals surface area (Å²) in [6.07, 6.45) is -1.06. The Morgan fingerprint density at radius 1 is 0.828 bits per heavy atom. The third kappa shape index (κ3) is 6.76. The van der Waals surface area contributed by atoms with Gasteiger partial charge in [-0.1, -0.05) is 18.2 Å². The fourth-order valence-corrected chi connectivity index (χ4v) is 2.34. The van der Waals surface area contributed by atoms with Gasteiger partial charge in [0.2, 0.25) is 5.91 Å². The van der Waals surface area contributed by atoms with Crippen LogP contribution in [-0.4, -0.2) is 35.8 Å². The van der Waals surface area contributed by atoms with Gasteiger partial charge >= 0.3 is 5.97 Å². The molecule has 2 aromatic carbocycles. The largest absolute Gasteiger partial charge is 0.451 e. The SMILES string of the molecule is CC(=O)Nc1ccc(NC(=O)[C@H](C)OC(=O)[C@H](C)NC(=O)c2ccccc2)cc1. The van der Waals surface area contributed by atoms with Crippen LogP contribution in [0.3, 0.4) is 0 Å². The summed E-state index contributed by atoms with van der Waals surface area (Å²) in [6, 6.07) is 14.0. The number of rotatable bonds is 7. The van der Waals surface area contributed by atoms with E-state index in [0.29, 0.717) is 16.9 Å². The lowest BCUT2D eigenvalue weighted by atomic mass is 10.2. The van der Waals surface area contributed by atoms with Gasteiger partial charge in [-0.2, -0.15) is 0 Å². The molecule has 29 heavy (non-hydrogen) atoms. The minimum Gasteiger partial charge on any atom is -0.451 e. The standard InChI is InChI=1S/C21H23N3O5/c1-13(22-20(27)16-7-5-4-6-8-16)21(28)29-14(2)19(26)24-18-11-9-17(10-12-18)23-15(3)25/h4-14H,1-3H3,(H,22,27)(H,23,25)(H,24,26)/t13-,14-/m0/s1. The van der Waals surface area contributed by atoms with Crippen molar-refractivity contribution in [2.24, 2.45) is 0 Å². The molecular formula is C21H23N3O5. The van der Waals surface area contributed by atoms with Crippen LogP contribution in [0.15, 0.2) is 54.6 Å². The summed E-state index contributed by atoms with van der Waals surface area (Å²) in [5, 5.41) is 7.77. The minimum absolute atomic E-state index is 0.198. The molecule has 0 saturated heterocycles. The van der Waals surface area contributed by atoms with Crippen LogP contribution in [0, 0.1) is 0 Å². The van der Waals surface area contributed by atoms with Gasteiger partial charge in [0.15, 0.2) is 6.10 Å². The van der Waals surface area contributed by atoms with Gasteiger partial charge in [-0.15, -0.1) is 0 Å². The highest BCUT2D eigenvalue weighted by Crippen LogP contribution is 2.14. The fourth-order valence-electron chi connectivity index (χ4n) is 2.34. The summed E-state index contributed by atoms with van der Waals surface area (Å²) in [7, 11) is 0. The molecule has 0 aliphatic heterocycles. The van der Waals surface area contributed by atoms with Gasteiger partial charge in [-0.25, -0.2) is 4.79 Å². The lowest BCUT2D eigenvalue weighted by Crippen LogP contribution is -2.42. The molecule has 2 aromatic rings. The second-order valence-corrected chi connectivity index (χ2v) is 6.39. The van der Waals surface area contributed by atoms with E-state index in [1.54, 1.807) is 54.6 Å². The Bertz CT molecular complexity index is 881. The topological polar surface area (TPSA) is 114 Å². The maximum absolute atomic E-state index is 12.2. The summed E-state index contributed by atoms with van der Waals surface area (Å²) in [5.41, 5.74) is 1.50. The molecule has 0 radical (unpaired) electrons. The van der Waals surface area contributed by atoms with Gasteiger partial charge in [0.1, 0.15) is 6.04 Å². The molecule has 0 saturated carbocycles. The zero-order valence-electron chi connectivity index (χ0n) is 16.4. The van der Waals surface area contributed by atoms with Crippen molar-refractivity contribution >= 4 is 35.1 Å². The Morgan fingerprint density at radius 3 is 1.93 bits per heavy atom. The molecule has 3 amide bonds. The van der Waals surface area contributed by atoms with E-state index < -0.39 is 29.9 Å². The Hall–Kier alpha value is -3.68. The number of carbonyl (C=O) groups excluding carboxylic acids is 4. The summed E-state index contributed by atoms with van der Waals surface area (Å²) >= 11 is 0. The number of hydrogen-bond acceptors (Lipinski definition) is 5. The maximum Gasteiger partial charge on any atom is 0.329 e. The predicted molar refractivity (Wildman–Crippen MR) is 108 cm³/mol. The molecule has 0 bridgehead atoms. The van der Waals surface area contributed by atoms with Gasteiger partial charge in [-0.05, 0) is 50.2 Å². The number of esters is 1. The van der Waals surface area contributed by atoms with Gasteiger partial charge in [-0.3, -0.25) is 14.4 Å². The smallest absolute Gasteiger partial charge is 0.329 e. The Balaban J connectivity index is 1.85. The third-order valence-corrected chi connectivity index (χ3v) is 3.87. The van der Waals surface area contributed by atoms with Gasteiger partial charge in [0, 0.05) is 23.9 Å². The van der Waals surface area contributed by atoms with Crippen LogP contribution < -0.4 is 16.0 Å². The molecule has 8 heteroatoms. The van der Waals surface area contributed by atoms with E-state index in [-0.39, 0.29) is 5.91 Å². The van der Waals surface area contributed by atoms with Gasteiger partial charge in [0.05, 0.1) is 0 Å². The van der Waals surface area contributed by atoms with Crippen molar-refractivity contribution < 1.29 is 23.9 Å². The van der Waals surface area contributed by atoms with E-state index in [2.05, 4.69) is 16.0 Å². The number of ether oxygens (including phenoxy) is 1. The van der Waals surface area contributed by atoms with Crippen LogP contribution >= 0.6 is 0 Å². The Kier molecular flexibility index (Phi) is 7.47. The number of benzene rings is 2. The highest BCUT2D eigenvalue weighted by Gasteiger charge is 2.23. The highest BCUT2D eigenvalue weighted by molar-refractivity contribution is 5.98. The van der Waals surface area contributed by atoms with Crippen molar-refractivity contribution in [2.75, 3.05) is 10.6 Å². The van der Waals surface area contributed by atoms with Crippen molar-refractivity contribution in [3.8, 4) is 0 Å². The van der Waals surface area contributed by atoms with Crippen molar-refractivity contribution in [1.82, 2.24) is 5.32 Å².